The fraction of sp³-hybridized carbons (Fsp3) is 0.424. The van der Waals surface area contributed by atoms with Crippen molar-refractivity contribution in [2.45, 2.75) is 93.9 Å². The number of benzene rings is 5. The molecule has 4 heterocycles. The molecule has 0 spiro atoms. The number of piperidine rings is 1. The highest BCUT2D eigenvalue weighted by molar-refractivity contribution is 7.99. The van der Waals surface area contributed by atoms with E-state index in [0.29, 0.717) is 59.6 Å². The van der Waals surface area contributed by atoms with E-state index in [4.69, 9.17) is 21.2 Å². The topological polar surface area (TPSA) is 136 Å². The van der Waals surface area contributed by atoms with E-state index < -0.39 is 29.5 Å². The van der Waals surface area contributed by atoms with Crippen LogP contribution in [0.3, 0.4) is 0 Å². The number of nitrogens with one attached hydrogen (secondary N) is 2. The number of piperazine rings is 1. The number of ketones is 1. The van der Waals surface area contributed by atoms with Crippen LogP contribution in [0.1, 0.15) is 102 Å². The molecule has 3 saturated heterocycles. The fourth-order valence-corrected chi connectivity index (χ4v) is 13.3. The molecule has 5 aromatic rings. The van der Waals surface area contributed by atoms with Gasteiger partial charge < -0.3 is 29.6 Å². The first-order valence-corrected chi connectivity index (χ1v) is 31.8. The van der Waals surface area contributed by atoms with Crippen molar-refractivity contribution in [1.82, 2.24) is 24.9 Å². The molecule has 0 saturated carbocycles. The van der Waals surface area contributed by atoms with Crippen LogP contribution in [-0.2, 0) is 25.2 Å². The van der Waals surface area contributed by atoms with Gasteiger partial charge in [-0.05, 0) is 160 Å². The van der Waals surface area contributed by atoms with Gasteiger partial charge in [0, 0.05) is 134 Å². The number of ether oxygens (including phenoxy) is 1. The zero-order valence-electron chi connectivity index (χ0n) is 48.6. The number of hydrogen-bond donors (Lipinski definition) is 2. The minimum absolute atomic E-state index is 0.0308. The highest BCUT2D eigenvalue weighted by Gasteiger charge is 2.39. The van der Waals surface area contributed by atoms with E-state index >= 15 is 0 Å². The Kier molecular flexibility index (Phi) is 21.6. The molecule has 3 amide bonds. The molecule has 2 N–H and O–H groups in total. The zero-order chi connectivity index (χ0) is 60.2. The summed E-state index contributed by atoms with van der Waals surface area (Å²) < 4.78 is 50.2. The van der Waals surface area contributed by atoms with E-state index in [9.17, 15) is 32.3 Å². The summed E-state index contributed by atoms with van der Waals surface area (Å²) in [7, 11) is 0. The van der Waals surface area contributed by atoms with Crippen molar-refractivity contribution in [3.8, 4) is 17.6 Å². The quantitative estimate of drug-likeness (QED) is 0.0129. The summed E-state index contributed by atoms with van der Waals surface area (Å²) in [5, 5.41) is 6.59. The molecule has 5 aliphatic rings. The average Bonchev–Trinajstić information content (AvgIpc) is 2.93. The van der Waals surface area contributed by atoms with Crippen molar-refractivity contribution < 1.29 is 46.3 Å². The minimum Gasteiger partial charge on any atom is -0.380 e. The maximum atomic E-state index is 14.1. The number of imide groups is 1. The Bertz CT molecular complexity index is 3270. The normalized spacial score (nSPS) is 19.3. The molecule has 3 unspecified atom stereocenters. The minimum atomic E-state index is -4.70. The number of carbonyl (C=O) groups is 4. The number of fused-ring (bicyclic) bond motifs is 1. The largest absolute Gasteiger partial charge is 0.471 e. The highest BCUT2D eigenvalue weighted by Crippen LogP contribution is 2.39. The summed E-state index contributed by atoms with van der Waals surface area (Å²) in [6.45, 7) is 14.3. The van der Waals surface area contributed by atoms with Gasteiger partial charge in [-0.2, -0.15) is 13.2 Å². The van der Waals surface area contributed by atoms with Crippen molar-refractivity contribution in [3.63, 3.8) is 0 Å². The molecule has 0 bridgehead atoms. The third-order valence-electron chi connectivity index (χ3n) is 16.7. The van der Waals surface area contributed by atoms with Crippen LogP contribution in [0.5, 0.6) is 5.75 Å². The number of alkyl halides is 3. The van der Waals surface area contributed by atoms with Crippen molar-refractivity contribution >= 4 is 75.9 Å². The maximum absolute atomic E-state index is 14.1. The van der Waals surface area contributed by atoms with Crippen molar-refractivity contribution in [1.29, 1.82) is 0 Å². The Hall–Kier alpha value is -6.34. The molecule has 454 valence electrons. The van der Waals surface area contributed by atoms with Crippen LogP contribution >= 0.6 is 35.4 Å². The average molecular weight is 1230 g/mol. The van der Waals surface area contributed by atoms with Gasteiger partial charge in [0.25, 0.3) is 5.91 Å². The third-order valence-corrected chi connectivity index (χ3v) is 18.4. The van der Waals surface area contributed by atoms with Crippen LogP contribution in [0.25, 0.3) is 5.57 Å². The molecule has 5 aromatic carbocycles. The zero-order valence-corrected chi connectivity index (χ0v) is 50.9. The van der Waals surface area contributed by atoms with Gasteiger partial charge in [0.05, 0.1) is 18.8 Å². The molecule has 3 atom stereocenters. The molecular formula is C66H73ClF3N7O7S2. The maximum Gasteiger partial charge on any atom is 0.471 e. The predicted molar refractivity (Wildman–Crippen MR) is 333 cm³/mol. The van der Waals surface area contributed by atoms with Gasteiger partial charge in [-0.1, -0.05) is 59.3 Å². The smallest absolute Gasteiger partial charge is 0.380 e. The molecular weight excluding hydrogens is 1160 g/mol. The van der Waals surface area contributed by atoms with Crippen LogP contribution < -0.4 is 20.4 Å². The summed E-state index contributed by atoms with van der Waals surface area (Å²) in [6.07, 6.45) is 5.18. The summed E-state index contributed by atoms with van der Waals surface area (Å²) in [5.74, 6) is 6.59. The Morgan fingerprint density at radius 1 is 0.872 bits per heavy atom. The molecule has 3 fully saturated rings. The summed E-state index contributed by atoms with van der Waals surface area (Å²) >= 11 is 7.31. The predicted octanol–water partition coefficient (Wildman–Crippen LogP) is 11.6. The second-order valence-electron chi connectivity index (χ2n) is 22.9. The van der Waals surface area contributed by atoms with Gasteiger partial charge in [-0.3, -0.25) is 34.3 Å². The first kappa shape index (κ1) is 62.7. The van der Waals surface area contributed by atoms with E-state index in [0.717, 1.165) is 119 Å². The van der Waals surface area contributed by atoms with Gasteiger partial charge >= 0.3 is 5.51 Å². The number of thioether (sulfide) groups is 1. The number of nitrogens with zero attached hydrogens (tertiary/aromatic N) is 5. The molecule has 86 heavy (non-hydrogen) atoms. The number of carbonyl (C=O) groups excluding carboxylic acids is 4. The van der Waals surface area contributed by atoms with Crippen LogP contribution in [-0.4, -0.2) is 151 Å². The Morgan fingerprint density at radius 2 is 1.65 bits per heavy atom. The monoisotopic (exact) mass is 1230 g/mol. The van der Waals surface area contributed by atoms with Crippen LogP contribution in [0.15, 0.2) is 126 Å². The van der Waals surface area contributed by atoms with Gasteiger partial charge in [-0.15, -0.1) is 16.1 Å². The lowest BCUT2D eigenvalue weighted by Crippen LogP contribution is -2.52. The second-order valence-corrected chi connectivity index (χ2v) is 25.2. The van der Waals surface area contributed by atoms with Gasteiger partial charge in [-0.25, -0.2) is 0 Å². The van der Waals surface area contributed by atoms with Gasteiger partial charge in [0.2, 0.25) is 11.8 Å². The molecule has 4 aliphatic heterocycles. The Labute approximate surface area is 515 Å². The van der Waals surface area contributed by atoms with Crippen molar-refractivity contribution in [2.24, 2.45) is 5.92 Å². The Morgan fingerprint density at radius 3 is 2.41 bits per heavy atom. The number of anilines is 2. The highest BCUT2D eigenvalue weighted by atomic mass is 35.5. The lowest BCUT2D eigenvalue weighted by molar-refractivity contribution is -0.136. The Balaban J connectivity index is 0.762. The molecule has 14 nitrogen and oxygen atoms in total. The van der Waals surface area contributed by atoms with E-state index in [2.05, 4.69) is 72.4 Å². The van der Waals surface area contributed by atoms with Gasteiger partial charge in [0.15, 0.2) is 23.6 Å². The third kappa shape index (κ3) is 17.0. The first-order valence-electron chi connectivity index (χ1n) is 29.7. The number of halogens is 4. The molecule has 1 aliphatic carbocycles. The number of hydrogen-bond acceptors (Lipinski definition) is 14. The fourth-order valence-electron chi connectivity index (χ4n) is 12.0. The number of amides is 3. The van der Waals surface area contributed by atoms with E-state index in [-0.39, 0.29) is 47.4 Å². The van der Waals surface area contributed by atoms with Gasteiger partial charge in [0.1, 0.15) is 6.04 Å². The van der Waals surface area contributed by atoms with Crippen molar-refractivity contribution in [3.05, 3.63) is 159 Å². The number of allylic oxidation sites excluding steroid dienone is 1. The lowest BCUT2D eigenvalue weighted by atomic mass is 9.80. The summed E-state index contributed by atoms with van der Waals surface area (Å²) in [6, 6.07) is 35.6. The second kappa shape index (κ2) is 29.6. The van der Waals surface area contributed by atoms with E-state index in [1.807, 2.05) is 66.7 Å². The standard InChI is InChI=1S/C66H73ClF3N7O7S2/c1-45(2)76(29-6-8-46-11-23-58-52(38-46)43-77(65(58)81)60-25-26-62(78)72-64(60)80)41-47-12-22-57(48-13-18-53(67)19-14-48)51(39-47)42-74-31-33-75(34-32-74)55-20-15-49(16-21-55)63(79)50-17-24-59(61(40-50)83-84-86-66(68,69)70)71-54(44-85-56-9-4-3-5-10-56)27-30-73-28-7-36-82-37-35-73/h3-5,9-11,13-21,23-24,38,40,45,47,54,60,71H,7,12,22,25-37,39,41-44H2,1-2H3,(H,72,78,80). The molecule has 20 heteroatoms. The first-order chi connectivity index (χ1) is 41.6. The summed E-state index contributed by atoms with van der Waals surface area (Å²) in [4.78, 5) is 69.4. The van der Waals surface area contributed by atoms with Crippen LogP contribution in [0.2, 0.25) is 5.02 Å². The summed E-state index contributed by atoms with van der Waals surface area (Å²) in [5.41, 5.74) is 3.62. The molecule has 0 radical (unpaired) electrons. The molecule has 10 rings (SSSR count). The lowest BCUT2D eigenvalue weighted by Gasteiger charge is -2.39. The van der Waals surface area contributed by atoms with E-state index in [1.165, 1.54) is 22.8 Å². The SMILES string of the molecule is CC(C)N(CC#Cc1ccc2c(c1)CN(C1CCC(=O)NC1=O)C2=O)CC1CCC(c2ccc(Cl)cc2)=C(CN2CCN(c3ccc(C(=O)c4ccc(NC(CCN5CCCOCC5)CSc5ccccc5)c(OOSC(F)(F)F)c4)cc3)CC2)C1. The molecule has 0 aromatic heterocycles. The number of rotatable bonds is 22. The van der Waals surface area contributed by atoms with Crippen LogP contribution in [0, 0.1) is 17.8 Å². The van der Waals surface area contributed by atoms with Crippen molar-refractivity contribution in [2.75, 3.05) is 94.6 Å². The van der Waals surface area contributed by atoms with E-state index in [1.54, 1.807) is 47.0 Å². The van der Waals surface area contributed by atoms with Crippen LogP contribution in [0.4, 0.5) is 24.5 Å².